The van der Waals surface area contributed by atoms with Gasteiger partial charge in [-0.15, -0.1) is 5.10 Å². The molecule has 1 aliphatic heterocycles. The van der Waals surface area contributed by atoms with Gasteiger partial charge in [-0.2, -0.15) is 0 Å². The minimum absolute atomic E-state index is 0.0359. The van der Waals surface area contributed by atoms with Crippen LogP contribution in [0.15, 0.2) is 49.3 Å². The minimum Gasteiger partial charge on any atom is -0.388 e. The third kappa shape index (κ3) is 5.34. The molecule has 4 rings (SSSR count). The zero-order valence-corrected chi connectivity index (χ0v) is 21.3. The first-order chi connectivity index (χ1) is 17.3. The molecule has 3 heterocycles. The average Bonchev–Trinajstić information content (AvgIpc) is 3.23. The molecular weight excluding hydrogens is 481 g/mol. The number of rotatable bonds is 7. The maximum Gasteiger partial charge on any atom is 0.272 e. The topological polar surface area (TPSA) is 72.3 Å². The summed E-state index contributed by atoms with van der Waals surface area (Å²) in [6.07, 6.45) is 6.35. The Bertz CT molecular complexity index is 1310. The lowest BCUT2D eigenvalue weighted by Gasteiger charge is -2.27. The fraction of sp³-hybridized carbons (Fsp3) is 0.296. The molecule has 0 aliphatic carbocycles. The Morgan fingerprint density at radius 2 is 2.00 bits per heavy atom. The molecule has 188 valence electrons. The van der Waals surface area contributed by atoms with Gasteiger partial charge in [0.1, 0.15) is 17.2 Å². The lowest BCUT2D eigenvalue weighted by atomic mass is 10.0. The Kier molecular flexibility index (Phi) is 7.86. The summed E-state index contributed by atoms with van der Waals surface area (Å²) in [6.45, 7) is 12.4. The monoisotopic (exact) mass is 509 g/mol. The summed E-state index contributed by atoms with van der Waals surface area (Å²) in [6, 6.07) is 6.61. The second-order valence-corrected chi connectivity index (χ2v) is 9.08. The Morgan fingerprint density at radius 3 is 2.72 bits per heavy atom. The average molecular weight is 510 g/mol. The molecule has 9 heteroatoms. The van der Waals surface area contributed by atoms with E-state index in [2.05, 4.69) is 22.0 Å². The predicted octanol–water partition coefficient (Wildman–Crippen LogP) is 4.65. The summed E-state index contributed by atoms with van der Waals surface area (Å²) in [5.41, 5.74) is 4.89. The van der Waals surface area contributed by atoms with Crippen LogP contribution in [-0.4, -0.2) is 51.9 Å². The number of amides is 1. The van der Waals surface area contributed by atoms with Crippen LogP contribution in [0.25, 0.3) is 11.6 Å². The summed E-state index contributed by atoms with van der Waals surface area (Å²) in [4.78, 5) is 26.5. The van der Waals surface area contributed by atoms with Crippen LogP contribution < -0.4 is 10.2 Å². The molecule has 1 aromatic carbocycles. The standard InChI is InChI=1S/C27H29ClFN5O2/c1-5-20(21-8-9-31-23(14-21)27(35)33-12-10-30-11-13-33)15-24-18(3)16-32-34(24)36-19(4)25-17(2)6-7-22(29)26(25)28/h5-9,14-16,19,30H,1,10-13H2,2-4H3/b20-15+. The zero-order chi connectivity index (χ0) is 25.8. The molecule has 3 aromatic rings. The molecule has 0 radical (unpaired) electrons. The van der Waals surface area contributed by atoms with Crippen LogP contribution in [-0.2, 0) is 0 Å². The van der Waals surface area contributed by atoms with Crippen molar-refractivity contribution in [3.05, 3.63) is 93.8 Å². The number of carbonyl (C=O) groups is 1. The lowest BCUT2D eigenvalue weighted by Crippen LogP contribution is -2.46. The SMILES string of the molecule is C=C/C(=C\c1c(C)cnn1OC(C)c1c(C)ccc(F)c1Cl)c1ccnc(C(=O)N2CCNCC2)c1. The third-order valence-electron chi connectivity index (χ3n) is 6.21. The summed E-state index contributed by atoms with van der Waals surface area (Å²) in [5, 5.41) is 7.63. The molecule has 1 aliphatic rings. The fourth-order valence-corrected chi connectivity index (χ4v) is 4.57. The second-order valence-electron chi connectivity index (χ2n) is 8.70. The Balaban J connectivity index is 1.63. The van der Waals surface area contributed by atoms with Gasteiger partial charge in [0, 0.05) is 37.9 Å². The van der Waals surface area contributed by atoms with E-state index in [1.807, 2.05) is 26.0 Å². The van der Waals surface area contributed by atoms with Crippen LogP contribution in [0.2, 0.25) is 5.02 Å². The minimum atomic E-state index is -0.559. The van der Waals surface area contributed by atoms with Gasteiger partial charge >= 0.3 is 0 Å². The fourth-order valence-electron chi connectivity index (χ4n) is 4.20. The molecule has 1 N–H and O–H groups in total. The second kappa shape index (κ2) is 11.1. The van der Waals surface area contributed by atoms with E-state index in [1.54, 1.807) is 42.4 Å². The number of aromatic nitrogens is 3. The van der Waals surface area contributed by atoms with Crippen molar-refractivity contribution in [2.75, 3.05) is 26.2 Å². The first-order valence-corrected chi connectivity index (χ1v) is 12.1. The number of hydrogen-bond acceptors (Lipinski definition) is 5. The van der Waals surface area contributed by atoms with E-state index in [9.17, 15) is 9.18 Å². The highest BCUT2D eigenvalue weighted by Crippen LogP contribution is 2.30. The molecule has 1 fully saturated rings. The van der Waals surface area contributed by atoms with E-state index in [-0.39, 0.29) is 10.9 Å². The molecule has 0 spiro atoms. The van der Waals surface area contributed by atoms with E-state index in [0.29, 0.717) is 30.0 Å². The van der Waals surface area contributed by atoms with Gasteiger partial charge in [-0.1, -0.05) is 35.2 Å². The number of nitrogens with one attached hydrogen (secondary N) is 1. The van der Waals surface area contributed by atoms with E-state index in [0.717, 1.165) is 35.4 Å². The van der Waals surface area contributed by atoms with Crippen LogP contribution in [0.1, 0.15) is 51.5 Å². The largest absolute Gasteiger partial charge is 0.388 e. The molecule has 1 saturated heterocycles. The number of allylic oxidation sites excluding steroid dienone is 2. The van der Waals surface area contributed by atoms with E-state index in [1.165, 1.54) is 10.9 Å². The van der Waals surface area contributed by atoms with Crippen molar-refractivity contribution in [2.45, 2.75) is 26.9 Å². The van der Waals surface area contributed by atoms with Crippen LogP contribution in [0.3, 0.4) is 0 Å². The van der Waals surface area contributed by atoms with Crippen molar-refractivity contribution in [1.29, 1.82) is 0 Å². The highest BCUT2D eigenvalue weighted by atomic mass is 35.5. The van der Waals surface area contributed by atoms with Crippen molar-refractivity contribution >= 4 is 29.2 Å². The lowest BCUT2D eigenvalue weighted by molar-refractivity contribution is 0.0229. The smallest absolute Gasteiger partial charge is 0.272 e. The number of carbonyl (C=O) groups excluding carboxylic acids is 1. The van der Waals surface area contributed by atoms with Gasteiger partial charge in [-0.05, 0) is 67.3 Å². The molecule has 0 bridgehead atoms. The summed E-state index contributed by atoms with van der Waals surface area (Å²) < 4.78 is 14.1. The summed E-state index contributed by atoms with van der Waals surface area (Å²) in [5.74, 6) is -0.593. The molecule has 0 saturated carbocycles. The van der Waals surface area contributed by atoms with Crippen LogP contribution >= 0.6 is 11.6 Å². The first-order valence-electron chi connectivity index (χ1n) is 11.8. The van der Waals surface area contributed by atoms with Gasteiger partial charge in [0.05, 0.1) is 11.2 Å². The van der Waals surface area contributed by atoms with Gasteiger partial charge < -0.3 is 15.1 Å². The Labute approximate surface area is 215 Å². The van der Waals surface area contributed by atoms with Gasteiger partial charge in [0.2, 0.25) is 0 Å². The number of halogens is 2. The molecule has 1 atom stereocenters. The first kappa shape index (κ1) is 25.6. The summed E-state index contributed by atoms with van der Waals surface area (Å²) >= 11 is 6.24. The molecular formula is C27H29ClFN5O2. The van der Waals surface area contributed by atoms with Gasteiger partial charge in [0.15, 0.2) is 6.10 Å². The normalized spacial score (nSPS) is 15.0. The number of nitrogens with zero attached hydrogens (tertiary/aromatic N) is 4. The highest BCUT2D eigenvalue weighted by molar-refractivity contribution is 6.31. The third-order valence-corrected chi connectivity index (χ3v) is 6.59. The van der Waals surface area contributed by atoms with E-state index in [4.69, 9.17) is 16.4 Å². The van der Waals surface area contributed by atoms with E-state index >= 15 is 0 Å². The highest BCUT2D eigenvalue weighted by Gasteiger charge is 2.21. The summed E-state index contributed by atoms with van der Waals surface area (Å²) in [7, 11) is 0. The number of hydrogen-bond donors (Lipinski definition) is 1. The van der Waals surface area contributed by atoms with Gasteiger partial charge in [-0.25, -0.2) is 4.39 Å². The van der Waals surface area contributed by atoms with Crippen molar-refractivity contribution in [3.8, 4) is 0 Å². The number of benzene rings is 1. The maximum atomic E-state index is 14.1. The molecule has 1 unspecified atom stereocenters. The molecule has 2 aromatic heterocycles. The number of pyridine rings is 1. The van der Waals surface area contributed by atoms with Gasteiger partial charge in [0.25, 0.3) is 5.91 Å². The molecule has 36 heavy (non-hydrogen) atoms. The van der Waals surface area contributed by atoms with Crippen molar-refractivity contribution in [1.82, 2.24) is 25.1 Å². The van der Waals surface area contributed by atoms with Crippen molar-refractivity contribution in [3.63, 3.8) is 0 Å². The van der Waals surface area contributed by atoms with Crippen molar-refractivity contribution in [2.24, 2.45) is 0 Å². The maximum absolute atomic E-state index is 14.1. The van der Waals surface area contributed by atoms with Crippen LogP contribution in [0, 0.1) is 19.7 Å². The number of aryl methyl sites for hydroxylation is 2. The number of piperazine rings is 1. The van der Waals surface area contributed by atoms with Gasteiger partial charge in [-0.3, -0.25) is 9.78 Å². The Morgan fingerprint density at radius 1 is 1.25 bits per heavy atom. The molecule has 7 nitrogen and oxygen atoms in total. The van der Waals surface area contributed by atoms with Crippen LogP contribution in [0.4, 0.5) is 4.39 Å². The Hall–Kier alpha value is -3.49. The predicted molar refractivity (Wildman–Crippen MR) is 139 cm³/mol. The van der Waals surface area contributed by atoms with Crippen molar-refractivity contribution < 1.29 is 14.0 Å². The zero-order valence-electron chi connectivity index (χ0n) is 20.6. The quantitative estimate of drug-likeness (QED) is 0.469. The molecule has 1 amide bonds. The van der Waals surface area contributed by atoms with Crippen LogP contribution in [0.5, 0.6) is 0 Å². The van der Waals surface area contributed by atoms with E-state index < -0.39 is 11.9 Å².